The molecule has 0 atom stereocenters. The number of aryl methyl sites for hydroxylation is 1. The molecule has 44 heavy (non-hydrogen) atoms. The number of benzene rings is 3. The average molecular weight is 616 g/mol. The third kappa shape index (κ3) is 6.00. The molecule has 0 aliphatic heterocycles. The van der Waals surface area contributed by atoms with Crippen LogP contribution in [0.5, 0.6) is 5.75 Å². The summed E-state index contributed by atoms with van der Waals surface area (Å²) in [6.45, 7) is 4.54. The summed E-state index contributed by atoms with van der Waals surface area (Å²) >= 11 is 0. The summed E-state index contributed by atoms with van der Waals surface area (Å²) in [5.41, 5.74) is 0.642. The lowest BCUT2D eigenvalue weighted by molar-refractivity contribution is -0.274. The molecule has 0 aliphatic carbocycles. The lowest BCUT2D eigenvalue weighted by Gasteiger charge is -2.21. The second-order valence-electron chi connectivity index (χ2n) is 10.4. The molecule has 2 heterocycles. The standard InChI is InChI=1S/C30H23F6N5O3/c1-17-38-26(29(31,32)33)16-40(17)23-12-9-20(19-5-4-6-21(13-19)28(2,3)27(42)43)14-24(23)41-25(15-37-39-41)18-7-10-22(11-8-18)44-30(34,35)36/h4-16H,1-3H3,(H,42,43). The van der Waals surface area contributed by atoms with Gasteiger partial charge in [-0.25, -0.2) is 9.67 Å². The second kappa shape index (κ2) is 10.8. The second-order valence-corrected chi connectivity index (χ2v) is 10.4. The third-order valence-corrected chi connectivity index (χ3v) is 7.02. The van der Waals surface area contributed by atoms with Gasteiger partial charge in [0.1, 0.15) is 11.6 Å². The Morgan fingerprint density at radius 1 is 0.864 bits per heavy atom. The number of nitrogens with zero attached hydrogens (tertiary/aromatic N) is 5. The first kappa shape index (κ1) is 30.3. The van der Waals surface area contributed by atoms with E-state index in [-0.39, 0.29) is 17.2 Å². The van der Waals surface area contributed by atoms with E-state index >= 15 is 0 Å². The molecule has 0 fully saturated rings. The highest BCUT2D eigenvalue weighted by atomic mass is 19.4. The maximum absolute atomic E-state index is 13.5. The van der Waals surface area contributed by atoms with Gasteiger partial charge in [0, 0.05) is 11.8 Å². The fourth-order valence-corrected chi connectivity index (χ4v) is 4.58. The van der Waals surface area contributed by atoms with Gasteiger partial charge in [-0.1, -0.05) is 35.5 Å². The average Bonchev–Trinajstić information content (AvgIpc) is 3.59. The van der Waals surface area contributed by atoms with Crippen molar-refractivity contribution in [2.24, 2.45) is 0 Å². The number of ether oxygens (including phenoxy) is 1. The molecule has 5 rings (SSSR count). The van der Waals surface area contributed by atoms with Crippen molar-refractivity contribution in [3.8, 4) is 39.5 Å². The van der Waals surface area contributed by atoms with Crippen LogP contribution in [0, 0.1) is 6.92 Å². The number of halogens is 6. The van der Waals surface area contributed by atoms with Gasteiger partial charge < -0.3 is 14.4 Å². The van der Waals surface area contributed by atoms with Crippen LogP contribution in [-0.4, -0.2) is 42.0 Å². The summed E-state index contributed by atoms with van der Waals surface area (Å²) in [7, 11) is 0. The van der Waals surface area contributed by atoms with Crippen molar-refractivity contribution in [1.82, 2.24) is 24.5 Å². The predicted octanol–water partition coefficient (Wildman–Crippen LogP) is 7.38. The fraction of sp³-hybridized carbons (Fsp3) is 0.200. The maximum atomic E-state index is 13.5. The van der Waals surface area contributed by atoms with E-state index in [4.69, 9.17) is 0 Å². The summed E-state index contributed by atoms with van der Waals surface area (Å²) < 4.78 is 85.2. The minimum Gasteiger partial charge on any atom is -0.481 e. The van der Waals surface area contributed by atoms with Crippen LogP contribution < -0.4 is 4.74 Å². The third-order valence-electron chi connectivity index (χ3n) is 7.02. The van der Waals surface area contributed by atoms with Crippen LogP contribution in [0.25, 0.3) is 33.8 Å². The lowest BCUT2D eigenvalue weighted by atomic mass is 9.83. The molecule has 0 unspecified atom stereocenters. The van der Waals surface area contributed by atoms with E-state index in [2.05, 4.69) is 20.0 Å². The van der Waals surface area contributed by atoms with Crippen LogP contribution in [0.2, 0.25) is 0 Å². The van der Waals surface area contributed by atoms with E-state index in [9.17, 15) is 36.2 Å². The molecular weight excluding hydrogens is 592 g/mol. The van der Waals surface area contributed by atoms with Crippen molar-refractivity contribution in [2.45, 2.75) is 38.7 Å². The van der Waals surface area contributed by atoms with Crippen molar-refractivity contribution >= 4 is 5.97 Å². The van der Waals surface area contributed by atoms with Crippen LogP contribution in [0.4, 0.5) is 26.3 Å². The van der Waals surface area contributed by atoms with Gasteiger partial charge in [0.05, 0.1) is 28.7 Å². The molecule has 1 N–H and O–H groups in total. The van der Waals surface area contributed by atoms with E-state index in [1.165, 1.54) is 34.5 Å². The SMILES string of the molecule is Cc1nc(C(F)(F)F)cn1-c1ccc(-c2cccc(C(C)(C)C(=O)O)c2)cc1-n1nncc1-c1ccc(OC(F)(F)F)cc1. The number of alkyl halides is 6. The van der Waals surface area contributed by atoms with Gasteiger partial charge in [-0.3, -0.25) is 4.79 Å². The van der Waals surface area contributed by atoms with Crippen molar-refractivity contribution in [1.29, 1.82) is 0 Å². The van der Waals surface area contributed by atoms with Crippen LogP contribution in [-0.2, 0) is 16.4 Å². The summed E-state index contributed by atoms with van der Waals surface area (Å²) in [5, 5.41) is 17.8. The number of hydrogen-bond acceptors (Lipinski definition) is 5. The molecule has 0 saturated carbocycles. The summed E-state index contributed by atoms with van der Waals surface area (Å²) in [5.74, 6) is -1.44. The number of carboxylic acids is 1. The summed E-state index contributed by atoms with van der Waals surface area (Å²) in [4.78, 5) is 15.5. The molecule has 5 aromatic rings. The topological polar surface area (TPSA) is 95.1 Å². The molecule has 2 aromatic heterocycles. The van der Waals surface area contributed by atoms with Crippen molar-refractivity contribution in [2.75, 3.05) is 0 Å². The van der Waals surface area contributed by atoms with Gasteiger partial charge in [0.15, 0.2) is 5.69 Å². The van der Waals surface area contributed by atoms with Crippen molar-refractivity contribution in [3.05, 3.63) is 96.2 Å². The summed E-state index contributed by atoms with van der Waals surface area (Å²) in [6.07, 6.45) is -7.38. The molecule has 0 bridgehead atoms. The van der Waals surface area contributed by atoms with Gasteiger partial charge in [0.2, 0.25) is 0 Å². The minimum absolute atomic E-state index is 0.0341. The Morgan fingerprint density at radius 2 is 1.52 bits per heavy atom. The molecule has 0 saturated heterocycles. The van der Waals surface area contributed by atoms with Crippen molar-refractivity contribution in [3.63, 3.8) is 0 Å². The molecule has 8 nitrogen and oxygen atoms in total. The molecule has 0 aliphatic rings. The number of aromatic nitrogens is 5. The number of hydrogen-bond donors (Lipinski definition) is 1. The van der Waals surface area contributed by atoms with Gasteiger partial charge in [-0.05, 0) is 73.9 Å². The van der Waals surface area contributed by atoms with Gasteiger partial charge >= 0.3 is 18.5 Å². The van der Waals surface area contributed by atoms with E-state index in [1.54, 1.807) is 56.3 Å². The normalized spacial score (nSPS) is 12.4. The van der Waals surface area contributed by atoms with Crippen LogP contribution in [0.3, 0.4) is 0 Å². The van der Waals surface area contributed by atoms with Gasteiger partial charge in [-0.2, -0.15) is 13.2 Å². The molecule has 0 radical (unpaired) electrons. The molecular formula is C30H23F6N5O3. The summed E-state index contributed by atoms with van der Waals surface area (Å²) in [6, 6.07) is 16.7. The Hall–Kier alpha value is -5.14. The quantitative estimate of drug-likeness (QED) is 0.192. The minimum atomic E-state index is -4.88. The Labute approximate surface area is 246 Å². The first-order chi connectivity index (χ1) is 20.5. The Bertz CT molecular complexity index is 1840. The lowest BCUT2D eigenvalue weighted by Crippen LogP contribution is -2.28. The highest BCUT2D eigenvalue weighted by molar-refractivity contribution is 5.81. The Morgan fingerprint density at radius 3 is 2.14 bits per heavy atom. The smallest absolute Gasteiger partial charge is 0.481 e. The van der Waals surface area contributed by atoms with E-state index in [1.807, 2.05) is 0 Å². The molecule has 3 aromatic carbocycles. The largest absolute Gasteiger partial charge is 0.573 e. The predicted molar refractivity (Wildman–Crippen MR) is 146 cm³/mol. The van der Waals surface area contributed by atoms with Crippen LogP contribution in [0.15, 0.2) is 79.1 Å². The number of aliphatic carboxylic acids is 1. The van der Waals surface area contributed by atoms with E-state index < -0.39 is 35.4 Å². The molecule has 0 amide bonds. The number of carbonyl (C=O) groups is 1. The number of rotatable bonds is 7. The monoisotopic (exact) mass is 615 g/mol. The van der Waals surface area contributed by atoms with Crippen molar-refractivity contribution < 1.29 is 41.0 Å². The first-order valence-corrected chi connectivity index (χ1v) is 12.9. The van der Waals surface area contributed by atoms with Crippen LogP contribution >= 0.6 is 0 Å². The molecule has 14 heteroatoms. The van der Waals surface area contributed by atoms with Crippen LogP contribution in [0.1, 0.15) is 30.9 Å². The van der Waals surface area contributed by atoms with Gasteiger partial charge in [0.25, 0.3) is 0 Å². The fourth-order valence-electron chi connectivity index (χ4n) is 4.58. The zero-order valence-corrected chi connectivity index (χ0v) is 23.3. The zero-order chi connectivity index (χ0) is 32.0. The number of imidazole rings is 1. The number of carboxylic acid groups (broad SMARTS) is 1. The Balaban J connectivity index is 1.68. The van der Waals surface area contributed by atoms with E-state index in [0.717, 1.165) is 18.3 Å². The molecule has 228 valence electrons. The maximum Gasteiger partial charge on any atom is 0.573 e. The van der Waals surface area contributed by atoms with E-state index in [0.29, 0.717) is 27.9 Å². The van der Waals surface area contributed by atoms with Gasteiger partial charge in [-0.15, -0.1) is 18.3 Å². The Kier molecular flexibility index (Phi) is 7.48. The zero-order valence-electron chi connectivity index (χ0n) is 23.3. The first-order valence-electron chi connectivity index (χ1n) is 12.9. The highest BCUT2D eigenvalue weighted by Gasteiger charge is 2.35. The molecule has 0 spiro atoms. The highest BCUT2D eigenvalue weighted by Crippen LogP contribution is 2.35.